The fourth-order valence-electron chi connectivity index (χ4n) is 2.89. The molecule has 0 fully saturated rings. The van der Waals surface area contributed by atoms with E-state index in [9.17, 15) is 31.5 Å². The number of hydrogen-bond donors (Lipinski definition) is 1. The molecule has 0 saturated heterocycles. The van der Waals surface area contributed by atoms with Crippen molar-refractivity contribution in [2.75, 3.05) is 17.3 Å². The van der Waals surface area contributed by atoms with Crippen LogP contribution in [-0.4, -0.2) is 24.2 Å². The van der Waals surface area contributed by atoms with Crippen molar-refractivity contribution < 1.29 is 31.5 Å². The van der Waals surface area contributed by atoms with Crippen molar-refractivity contribution in [2.24, 2.45) is 5.92 Å². The number of benzene rings is 2. The van der Waals surface area contributed by atoms with E-state index in [-0.39, 0.29) is 18.2 Å². The standard InChI is InChI=1S/C22H22ClF5N2O2/c1-13(2)6-7-30(20(31)11-23)16-9-14(8-15(10-16)22(26,27)28)21(32)29-12-17-18(24)4-3-5-19(17)25/h3-5,8-10,13H,6-7,11-12H2,1-2H3,(H,29,32). The van der Waals surface area contributed by atoms with Gasteiger partial charge in [-0.25, -0.2) is 8.78 Å². The van der Waals surface area contributed by atoms with Crippen LogP contribution in [0.2, 0.25) is 0 Å². The number of carbonyl (C=O) groups is 2. The lowest BCUT2D eigenvalue weighted by Gasteiger charge is -2.24. The van der Waals surface area contributed by atoms with E-state index in [2.05, 4.69) is 5.32 Å². The van der Waals surface area contributed by atoms with Gasteiger partial charge in [0.2, 0.25) is 5.91 Å². The third kappa shape index (κ3) is 6.66. The molecule has 1 N–H and O–H groups in total. The molecule has 4 nitrogen and oxygen atoms in total. The Morgan fingerprint density at radius 1 is 1.09 bits per heavy atom. The maximum Gasteiger partial charge on any atom is 0.416 e. The van der Waals surface area contributed by atoms with E-state index >= 15 is 0 Å². The highest BCUT2D eigenvalue weighted by Gasteiger charge is 2.33. The second kappa shape index (κ2) is 10.8. The zero-order valence-corrected chi connectivity index (χ0v) is 18.2. The molecular weight excluding hydrogens is 455 g/mol. The number of alkyl halides is 4. The van der Waals surface area contributed by atoms with Crippen LogP contribution in [0.15, 0.2) is 36.4 Å². The Morgan fingerprint density at radius 2 is 1.72 bits per heavy atom. The van der Waals surface area contributed by atoms with Crippen LogP contribution in [0, 0.1) is 17.6 Å². The first-order chi connectivity index (χ1) is 14.9. The molecule has 0 aliphatic carbocycles. The highest BCUT2D eigenvalue weighted by atomic mass is 35.5. The Labute approximate surface area is 187 Å². The van der Waals surface area contributed by atoms with Crippen LogP contribution in [0.5, 0.6) is 0 Å². The molecule has 0 unspecified atom stereocenters. The predicted molar refractivity (Wildman–Crippen MR) is 112 cm³/mol. The van der Waals surface area contributed by atoms with Crippen molar-refractivity contribution >= 4 is 29.1 Å². The lowest BCUT2D eigenvalue weighted by Crippen LogP contribution is -2.34. The van der Waals surface area contributed by atoms with Crippen molar-refractivity contribution in [3.63, 3.8) is 0 Å². The van der Waals surface area contributed by atoms with Crippen LogP contribution in [0.3, 0.4) is 0 Å². The first-order valence-corrected chi connectivity index (χ1v) is 10.3. The molecule has 32 heavy (non-hydrogen) atoms. The molecule has 0 radical (unpaired) electrons. The van der Waals surface area contributed by atoms with E-state index in [1.165, 1.54) is 0 Å². The molecule has 0 saturated carbocycles. The quantitative estimate of drug-likeness (QED) is 0.402. The zero-order chi connectivity index (χ0) is 24.1. The van der Waals surface area contributed by atoms with Crippen molar-refractivity contribution in [3.8, 4) is 0 Å². The van der Waals surface area contributed by atoms with Crippen LogP contribution in [0.25, 0.3) is 0 Å². The number of nitrogens with zero attached hydrogens (tertiary/aromatic N) is 1. The summed E-state index contributed by atoms with van der Waals surface area (Å²) in [5.41, 5.74) is -2.13. The van der Waals surface area contributed by atoms with Gasteiger partial charge in [-0.1, -0.05) is 19.9 Å². The van der Waals surface area contributed by atoms with Gasteiger partial charge in [0.05, 0.1) is 5.56 Å². The molecule has 2 aromatic carbocycles. The van der Waals surface area contributed by atoms with Crippen molar-refractivity contribution in [1.29, 1.82) is 0 Å². The van der Waals surface area contributed by atoms with Gasteiger partial charge >= 0.3 is 6.18 Å². The lowest BCUT2D eigenvalue weighted by atomic mass is 10.1. The van der Waals surface area contributed by atoms with Gasteiger partial charge in [-0.05, 0) is 42.7 Å². The van der Waals surface area contributed by atoms with Gasteiger partial charge < -0.3 is 10.2 Å². The van der Waals surface area contributed by atoms with E-state index in [1.54, 1.807) is 0 Å². The summed E-state index contributed by atoms with van der Waals surface area (Å²) in [6.45, 7) is 3.30. The Balaban J connectivity index is 2.41. The number of halogens is 6. The van der Waals surface area contributed by atoms with E-state index in [1.807, 2.05) is 13.8 Å². The third-order valence-corrected chi connectivity index (χ3v) is 4.88. The average Bonchev–Trinajstić information content (AvgIpc) is 2.72. The zero-order valence-electron chi connectivity index (χ0n) is 17.4. The molecule has 10 heteroatoms. The monoisotopic (exact) mass is 476 g/mol. The highest BCUT2D eigenvalue weighted by molar-refractivity contribution is 6.29. The summed E-state index contributed by atoms with van der Waals surface area (Å²) in [4.78, 5) is 25.9. The first kappa shape index (κ1) is 25.6. The summed E-state index contributed by atoms with van der Waals surface area (Å²) in [5, 5.41) is 2.22. The van der Waals surface area contributed by atoms with Crippen molar-refractivity contribution in [1.82, 2.24) is 5.32 Å². The number of amides is 2. The summed E-state index contributed by atoms with van der Waals surface area (Å²) < 4.78 is 68.0. The van der Waals surface area contributed by atoms with Gasteiger partial charge in [0, 0.05) is 29.9 Å². The average molecular weight is 477 g/mol. The molecular formula is C22H22ClF5N2O2. The van der Waals surface area contributed by atoms with Gasteiger partial charge in [-0.2, -0.15) is 13.2 Å². The van der Waals surface area contributed by atoms with Crippen LogP contribution >= 0.6 is 11.6 Å². The second-order valence-electron chi connectivity index (χ2n) is 7.51. The smallest absolute Gasteiger partial charge is 0.348 e. The minimum absolute atomic E-state index is 0.103. The van der Waals surface area contributed by atoms with E-state index < -0.39 is 58.7 Å². The van der Waals surface area contributed by atoms with E-state index in [0.717, 1.165) is 35.2 Å². The van der Waals surface area contributed by atoms with E-state index in [0.29, 0.717) is 12.5 Å². The molecule has 2 amide bonds. The Kier molecular flexibility index (Phi) is 8.60. The second-order valence-corrected chi connectivity index (χ2v) is 7.78. The van der Waals surface area contributed by atoms with Gasteiger partial charge in [0.15, 0.2) is 0 Å². The minimum atomic E-state index is -4.80. The molecule has 0 heterocycles. The number of anilines is 1. The van der Waals surface area contributed by atoms with Crippen LogP contribution < -0.4 is 10.2 Å². The topological polar surface area (TPSA) is 49.4 Å². The highest BCUT2D eigenvalue weighted by Crippen LogP contribution is 2.33. The van der Waals surface area contributed by atoms with Crippen molar-refractivity contribution in [2.45, 2.75) is 33.0 Å². The molecule has 174 valence electrons. The molecule has 0 spiro atoms. The molecule has 0 aliphatic rings. The molecule has 0 aromatic heterocycles. The fourth-order valence-corrected chi connectivity index (χ4v) is 3.04. The molecule has 2 aromatic rings. The fraction of sp³-hybridized carbons (Fsp3) is 0.364. The molecule has 0 atom stereocenters. The first-order valence-electron chi connectivity index (χ1n) is 9.73. The Bertz CT molecular complexity index is 959. The SMILES string of the molecule is CC(C)CCN(C(=O)CCl)c1cc(C(=O)NCc2c(F)cccc2F)cc(C(F)(F)F)c1. The van der Waals surface area contributed by atoms with Gasteiger partial charge in [0.1, 0.15) is 17.5 Å². The molecule has 2 rings (SSSR count). The van der Waals surface area contributed by atoms with Crippen LogP contribution in [-0.2, 0) is 17.5 Å². The number of hydrogen-bond acceptors (Lipinski definition) is 2. The summed E-state index contributed by atoms with van der Waals surface area (Å²) >= 11 is 5.63. The summed E-state index contributed by atoms with van der Waals surface area (Å²) in [6.07, 6.45) is -4.30. The number of carbonyl (C=O) groups excluding carboxylic acids is 2. The van der Waals surface area contributed by atoms with Gasteiger partial charge in [-0.15, -0.1) is 11.6 Å². The minimum Gasteiger partial charge on any atom is -0.348 e. The molecule has 0 bridgehead atoms. The third-order valence-electron chi connectivity index (χ3n) is 4.65. The normalized spacial score (nSPS) is 11.5. The number of rotatable bonds is 8. The number of nitrogens with one attached hydrogen (secondary N) is 1. The predicted octanol–water partition coefficient (Wildman–Crippen LogP) is 5.53. The van der Waals surface area contributed by atoms with Crippen LogP contribution in [0.4, 0.5) is 27.6 Å². The van der Waals surface area contributed by atoms with Crippen LogP contribution in [0.1, 0.15) is 41.8 Å². The summed E-state index contributed by atoms with van der Waals surface area (Å²) in [5.74, 6) is -3.70. The van der Waals surface area contributed by atoms with Gasteiger partial charge in [-0.3, -0.25) is 9.59 Å². The lowest BCUT2D eigenvalue weighted by molar-refractivity contribution is -0.137. The maximum atomic E-state index is 13.8. The summed E-state index contributed by atoms with van der Waals surface area (Å²) in [6, 6.07) is 5.64. The van der Waals surface area contributed by atoms with Crippen molar-refractivity contribution in [3.05, 3.63) is 64.7 Å². The maximum absolute atomic E-state index is 13.8. The van der Waals surface area contributed by atoms with E-state index in [4.69, 9.17) is 11.6 Å². The largest absolute Gasteiger partial charge is 0.416 e. The summed E-state index contributed by atoms with van der Waals surface area (Å²) in [7, 11) is 0. The molecule has 0 aliphatic heterocycles. The Hall–Kier alpha value is -2.68. The Morgan fingerprint density at radius 3 is 2.25 bits per heavy atom. The van der Waals surface area contributed by atoms with Gasteiger partial charge in [0.25, 0.3) is 5.91 Å².